The molecule has 0 radical (unpaired) electrons. The Kier molecular flexibility index (Phi) is 8.10. The molecule has 0 fully saturated rings. The highest BCUT2D eigenvalue weighted by atomic mass is 32.2. The number of nitrogens with zero attached hydrogens (tertiary/aromatic N) is 2. The van der Waals surface area contributed by atoms with Gasteiger partial charge in [0, 0.05) is 21.2 Å². The average Bonchev–Trinajstić information content (AvgIpc) is 3.89. The van der Waals surface area contributed by atoms with Crippen molar-refractivity contribution < 1.29 is 0 Å². The fraction of sp³-hybridized carbons (Fsp3) is 0.0164. The van der Waals surface area contributed by atoms with Gasteiger partial charge in [-0.2, -0.15) is 0 Å². The van der Waals surface area contributed by atoms with Crippen LogP contribution in [0.1, 0.15) is 0 Å². The van der Waals surface area contributed by atoms with Crippen LogP contribution in [0.15, 0.2) is 240 Å². The Morgan fingerprint density at radius 3 is 0.908 bits per heavy atom. The molecule has 1 spiro atoms. The Bertz CT molecular complexity index is 3590. The molecular weight excluding hydrogens is 825 g/mol. The molecule has 304 valence electrons. The first kappa shape index (κ1) is 36.9. The summed E-state index contributed by atoms with van der Waals surface area (Å²) in [6.45, 7) is 0. The second-order valence-corrected chi connectivity index (χ2v) is 19.8. The van der Waals surface area contributed by atoms with Crippen LogP contribution in [0.3, 0.4) is 0 Å². The Morgan fingerprint density at radius 2 is 0.554 bits per heavy atom. The van der Waals surface area contributed by atoms with Crippen molar-refractivity contribution in [1.29, 1.82) is 0 Å². The van der Waals surface area contributed by atoms with Gasteiger partial charge in [0.05, 0.1) is 11.4 Å². The van der Waals surface area contributed by atoms with Gasteiger partial charge in [-0.25, -0.2) is 0 Å². The van der Waals surface area contributed by atoms with Crippen molar-refractivity contribution >= 4 is 111 Å². The molecule has 65 heavy (non-hydrogen) atoms. The van der Waals surface area contributed by atoms with Crippen molar-refractivity contribution in [2.45, 2.75) is 14.1 Å². The summed E-state index contributed by atoms with van der Waals surface area (Å²) < 4.78 is -0.671. The van der Waals surface area contributed by atoms with E-state index < -0.39 is 4.33 Å². The van der Waals surface area contributed by atoms with E-state index in [1.165, 1.54) is 108 Å². The molecule has 0 atom stereocenters. The minimum Gasteiger partial charge on any atom is -0.298 e. The minimum atomic E-state index is -0.671. The van der Waals surface area contributed by atoms with Gasteiger partial charge in [0.15, 0.2) is 0 Å². The van der Waals surface area contributed by atoms with Crippen LogP contribution in [0.5, 0.6) is 0 Å². The van der Waals surface area contributed by atoms with E-state index in [1.54, 1.807) is 0 Å². The molecular formula is C61H38N2S2. The third-order valence-corrected chi connectivity index (χ3v) is 16.6. The van der Waals surface area contributed by atoms with Crippen molar-refractivity contribution in [3.05, 3.63) is 231 Å². The molecule has 0 unspecified atom stereocenters. The van der Waals surface area contributed by atoms with E-state index in [4.69, 9.17) is 0 Å². The van der Waals surface area contributed by atoms with Crippen LogP contribution in [0.2, 0.25) is 0 Å². The van der Waals surface area contributed by atoms with Crippen molar-refractivity contribution in [1.82, 2.24) is 0 Å². The summed E-state index contributed by atoms with van der Waals surface area (Å²) in [4.78, 5) is 7.80. The number of hydrogen-bond acceptors (Lipinski definition) is 4. The summed E-state index contributed by atoms with van der Waals surface area (Å²) in [5.74, 6) is 0. The monoisotopic (exact) mass is 862 g/mol. The molecule has 0 N–H and O–H groups in total. The first-order valence-electron chi connectivity index (χ1n) is 22.2. The van der Waals surface area contributed by atoms with Gasteiger partial charge in [0.25, 0.3) is 0 Å². The fourth-order valence-electron chi connectivity index (χ4n) is 10.8. The van der Waals surface area contributed by atoms with Crippen LogP contribution in [0.4, 0.5) is 22.7 Å². The van der Waals surface area contributed by atoms with Crippen LogP contribution in [0, 0.1) is 0 Å². The van der Waals surface area contributed by atoms with E-state index in [9.17, 15) is 0 Å². The molecule has 2 aliphatic rings. The van der Waals surface area contributed by atoms with E-state index in [-0.39, 0.29) is 0 Å². The number of benzene rings is 12. The zero-order valence-corrected chi connectivity index (χ0v) is 36.8. The number of hydrogen-bond donors (Lipinski definition) is 0. The SMILES string of the molecule is c1ccc(-c2cc3c(cc2-c2ccccc2)SC2(S3)N(c3ccc4c5ccccc5c5ccccc5c4c3)c3ccccc3N2c2ccc3c4ccccc4c4ccccc4c3c2)cc1. The Labute approximate surface area is 385 Å². The van der Waals surface area contributed by atoms with Crippen molar-refractivity contribution in [2.75, 3.05) is 9.80 Å². The molecule has 2 nitrogen and oxygen atoms in total. The molecule has 12 aromatic rings. The minimum absolute atomic E-state index is 0.671. The van der Waals surface area contributed by atoms with Crippen LogP contribution < -0.4 is 9.80 Å². The number of fused-ring (bicyclic) bond motifs is 14. The highest BCUT2D eigenvalue weighted by Crippen LogP contribution is 2.69. The van der Waals surface area contributed by atoms with E-state index >= 15 is 0 Å². The van der Waals surface area contributed by atoms with Gasteiger partial charge in [-0.1, -0.05) is 206 Å². The zero-order chi connectivity index (χ0) is 42.6. The topological polar surface area (TPSA) is 6.48 Å². The first-order chi connectivity index (χ1) is 32.2. The third kappa shape index (κ3) is 5.45. The van der Waals surface area contributed by atoms with Crippen LogP contribution in [0.25, 0.3) is 86.9 Å². The van der Waals surface area contributed by atoms with Crippen molar-refractivity contribution in [3.8, 4) is 22.3 Å². The standard InChI is InChI=1S/C61H38N2S2/c1-3-17-39(18-4-1)53-37-59-60(38-54(53)40-19-5-2-6-20-40)65-61(64-59)62(41-31-33-51-47-25-9-7-21-43(47)45-23-11-13-27-49(45)55(51)35-41)57-29-15-16-30-58(57)63(61)42-32-34-52-48-26-10-8-22-44(48)46-24-12-14-28-50(46)56(52)36-42/h1-38H. The summed E-state index contributed by atoms with van der Waals surface area (Å²) in [5.41, 5.74) is 9.58. The molecule has 0 bridgehead atoms. The summed E-state index contributed by atoms with van der Waals surface area (Å²) in [6.07, 6.45) is 0. The molecule has 0 saturated carbocycles. The van der Waals surface area contributed by atoms with Crippen LogP contribution in [-0.2, 0) is 0 Å². The highest BCUT2D eigenvalue weighted by Gasteiger charge is 2.56. The van der Waals surface area contributed by atoms with Crippen molar-refractivity contribution in [2.24, 2.45) is 0 Å². The Hall–Kier alpha value is -7.50. The highest BCUT2D eigenvalue weighted by molar-refractivity contribution is 8.21. The lowest BCUT2D eigenvalue weighted by Gasteiger charge is -2.41. The van der Waals surface area contributed by atoms with Gasteiger partial charge in [-0.05, 0) is 135 Å². The van der Waals surface area contributed by atoms with Gasteiger partial charge in [-0.15, -0.1) is 0 Å². The Balaban J connectivity index is 1.05. The third-order valence-electron chi connectivity index (χ3n) is 13.6. The average molecular weight is 863 g/mol. The van der Waals surface area contributed by atoms with Crippen LogP contribution in [-0.4, -0.2) is 4.33 Å². The molecule has 2 heterocycles. The summed E-state index contributed by atoms with van der Waals surface area (Å²) >= 11 is 3.92. The van der Waals surface area contributed by atoms with E-state index in [0.29, 0.717) is 0 Å². The van der Waals surface area contributed by atoms with Gasteiger partial charge >= 0.3 is 0 Å². The quantitative estimate of drug-likeness (QED) is 0.163. The molecule has 2 aliphatic heterocycles. The van der Waals surface area contributed by atoms with Gasteiger partial charge < -0.3 is 0 Å². The number of para-hydroxylation sites is 2. The van der Waals surface area contributed by atoms with Gasteiger partial charge in [0.1, 0.15) is 0 Å². The van der Waals surface area contributed by atoms with Gasteiger partial charge in [-0.3, -0.25) is 9.80 Å². The summed E-state index contributed by atoms with van der Waals surface area (Å²) in [6, 6.07) is 85.7. The molecule has 0 aromatic heterocycles. The van der Waals surface area contributed by atoms with E-state index in [1.807, 2.05) is 23.5 Å². The Morgan fingerprint density at radius 1 is 0.262 bits per heavy atom. The molecule has 12 aromatic carbocycles. The fourth-order valence-corrected chi connectivity index (χ4v) is 14.2. The predicted molar refractivity (Wildman–Crippen MR) is 280 cm³/mol. The summed E-state index contributed by atoms with van der Waals surface area (Å²) in [5, 5.41) is 15.3. The van der Waals surface area contributed by atoms with E-state index in [0.717, 1.165) is 11.4 Å². The lowest BCUT2D eigenvalue weighted by atomic mass is 9.94. The van der Waals surface area contributed by atoms with E-state index in [2.05, 4.69) is 240 Å². The lowest BCUT2D eigenvalue weighted by molar-refractivity contribution is 0.870. The smallest absolute Gasteiger partial charge is 0.229 e. The van der Waals surface area contributed by atoms with Crippen LogP contribution >= 0.6 is 23.5 Å². The first-order valence-corrected chi connectivity index (χ1v) is 23.9. The molecule has 0 saturated heterocycles. The predicted octanol–water partition coefficient (Wildman–Crippen LogP) is 17.7. The maximum Gasteiger partial charge on any atom is 0.229 e. The summed E-state index contributed by atoms with van der Waals surface area (Å²) in [7, 11) is 0. The van der Waals surface area contributed by atoms with Gasteiger partial charge in [0.2, 0.25) is 4.33 Å². The molecule has 0 amide bonds. The molecule has 4 heteroatoms. The number of rotatable bonds is 4. The number of thioether (sulfide) groups is 2. The second-order valence-electron chi connectivity index (χ2n) is 17.1. The zero-order valence-electron chi connectivity index (χ0n) is 35.2. The largest absolute Gasteiger partial charge is 0.298 e. The second kappa shape index (κ2) is 14.3. The normalized spacial score (nSPS) is 14.1. The molecule has 0 aliphatic carbocycles. The maximum absolute atomic E-state index is 2.63. The molecule has 14 rings (SSSR count). The lowest BCUT2D eigenvalue weighted by Crippen LogP contribution is -2.46. The number of anilines is 4. The van der Waals surface area contributed by atoms with Crippen molar-refractivity contribution in [3.63, 3.8) is 0 Å². The maximum atomic E-state index is 2.63.